The Morgan fingerprint density at radius 1 is 0.925 bits per heavy atom. The van der Waals surface area contributed by atoms with Crippen molar-refractivity contribution in [2.75, 3.05) is 19.6 Å². The van der Waals surface area contributed by atoms with Gasteiger partial charge in [0.25, 0.3) is 0 Å². The van der Waals surface area contributed by atoms with Crippen LogP contribution in [0.15, 0.2) is 54.6 Å². The molecule has 0 heterocycles. The maximum absolute atomic E-state index is 13.5. The summed E-state index contributed by atoms with van der Waals surface area (Å²) in [6, 6.07) is 18.6. The van der Waals surface area contributed by atoms with Gasteiger partial charge in [0, 0.05) is 19.6 Å². The first kappa shape index (κ1) is 30.8. The fraction of sp³-hybridized carbons (Fsp3) is 0.500. The number of ether oxygens (including phenoxy) is 1. The maximum atomic E-state index is 13.5. The molecule has 2 aromatic carbocycles. The highest BCUT2D eigenvalue weighted by atomic mass is 16.6. The molecule has 0 radical (unpaired) electrons. The van der Waals surface area contributed by atoms with Crippen LogP contribution in [0.4, 0.5) is 0 Å². The molecule has 0 saturated heterocycles. The molecule has 214 valence electrons. The Morgan fingerprint density at radius 2 is 1.60 bits per heavy atom. The lowest BCUT2D eigenvalue weighted by Gasteiger charge is -2.30. The molecule has 0 unspecified atom stereocenters. The Bertz CT molecular complexity index is 1150. The Labute approximate surface area is 237 Å². The average molecular weight is 547 g/mol. The summed E-state index contributed by atoms with van der Waals surface area (Å²) in [5.41, 5.74) is 1.70. The van der Waals surface area contributed by atoms with Crippen molar-refractivity contribution >= 4 is 17.8 Å². The molecule has 1 aliphatic rings. The van der Waals surface area contributed by atoms with Gasteiger partial charge in [0.05, 0.1) is 30.0 Å². The summed E-state index contributed by atoms with van der Waals surface area (Å²) in [6.45, 7) is 6.37. The van der Waals surface area contributed by atoms with E-state index < -0.39 is 11.5 Å². The number of carbonyl (C=O) groups excluding carboxylic acids is 3. The van der Waals surface area contributed by atoms with E-state index in [-0.39, 0.29) is 42.7 Å². The number of rotatable bonds is 12. The van der Waals surface area contributed by atoms with E-state index in [1.165, 1.54) is 6.42 Å². The molecule has 2 aromatic rings. The lowest BCUT2D eigenvalue weighted by atomic mass is 9.79. The molecule has 2 amide bonds. The number of nitriles is 1. The molecule has 40 heavy (non-hydrogen) atoms. The van der Waals surface area contributed by atoms with Gasteiger partial charge in [0.2, 0.25) is 11.8 Å². The van der Waals surface area contributed by atoms with Crippen molar-refractivity contribution in [3.63, 3.8) is 0 Å². The number of amides is 2. The first-order chi connectivity index (χ1) is 19.2. The number of esters is 1. The minimum absolute atomic E-state index is 0.0398. The third kappa shape index (κ3) is 10.1. The van der Waals surface area contributed by atoms with Crippen molar-refractivity contribution in [3.8, 4) is 6.07 Å². The zero-order valence-corrected chi connectivity index (χ0v) is 23.9. The molecule has 8 heteroatoms. The predicted octanol–water partition coefficient (Wildman–Crippen LogP) is 4.20. The number of hydrogen-bond donors (Lipinski definition) is 3. The van der Waals surface area contributed by atoms with E-state index in [0.717, 1.165) is 36.8 Å². The number of nitrogens with one attached hydrogen (secondary N) is 3. The lowest BCUT2D eigenvalue weighted by molar-refractivity contribution is -0.153. The standard InChI is InChI=1S/C32H42N4O4/c1-32(2,3)40-29(37)22-34-20-27(25-10-6-4-7-11-25)30(38)36-21-28(26-12-8-5-9-13-26)31(39)35-19-24-16-14-23(18-33)15-17-24/h5,8-9,12-17,25,27-28,34H,4,6-7,10-11,19-22H2,1-3H3,(H,35,39)(H,36,38)/t27-,28+/m1/s1. The highest BCUT2D eigenvalue weighted by Crippen LogP contribution is 2.30. The molecular formula is C32H42N4O4. The molecule has 3 rings (SSSR count). The minimum atomic E-state index is -0.565. The van der Waals surface area contributed by atoms with Crippen LogP contribution in [0, 0.1) is 23.2 Å². The molecule has 0 aromatic heterocycles. The number of nitrogens with zero attached hydrogens (tertiary/aromatic N) is 1. The third-order valence-electron chi connectivity index (χ3n) is 7.16. The highest BCUT2D eigenvalue weighted by molar-refractivity contribution is 5.85. The Hall–Kier alpha value is -3.70. The molecular weight excluding hydrogens is 504 g/mol. The zero-order chi connectivity index (χ0) is 29.0. The van der Waals surface area contributed by atoms with E-state index in [4.69, 9.17) is 10.00 Å². The molecule has 2 atom stereocenters. The number of benzene rings is 2. The van der Waals surface area contributed by atoms with Gasteiger partial charge < -0.3 is 20.7 Å². The van der Waals surface area contributed by atoms with Crippen LogP contribution in [0.5, 0.6) is 0 Å². The normalized spacial score (nSPS) is 15.3. The summed E-state index contributed by atoms with van der Waals surface area (Å²) >= 11 is 0. The van der Waals surface area contributed by atoms with Crippen molar-refractivity contribution in [1.82, 2.24) is 16.0 Å². The van der Waals surface area contributed by atoms with Gasteiger partial charge in [-0.15, -0.1) is 0 Å². The van der Waals surface area contributed by atoms with Crippen LogP contribution < -0.4 is 16.0 Å². The van der Waals surface area contributed by atoms with Crippen molar-refractivity contribution < 1.29 is 19.1 Å². The smallest absolute Gasteiger partial charge is 0.320 e. The predicted molar refractivity (Wildman–Crippen MR) is 154 cm³/mol. The van der Waals surface area contributed by atoms with E-state index in [1.54, 1.807) is 12.1 Å². The van der Waals surface area contributed by atoms with Gasteiger partial charge in [-0.25, -0.2) is 0 Å². The number of carbonyl (C=O) groups is 3. The summed E-state index contributed by atoms with van der Waals surface area (Å²) in [5.74, 6) is -1.29. The molecule has 0 bridgehead atoms. The first-order valence-corrected chi connectivity index (χ1v) is 14.2. The Kier molecular flexibility index (Phi) is 11.7. The zero-order valence-electron chi connectivity index (χ0n) is 23.9. The average Bonchev–Trinajstić information content (AvgIpc) is 2.94. The minimum Gasteiger partial charge on any atom is -0.459 e. The summed E-state index contributed by atoms with van der Waals surface area (Å²) in [4.78, 5) is 39.0. The second-order valence-electron chi connectivity index (χ2n) is 11.5. The van der Waals surface area contributed by atoms with E-state index in [1.807, 2.05) is 63.2 Å². The van der Waals surface area contributed by atoms with Gasteiger partial charge in [0.1, 0.15) is 5.60 Å². The molecule has 1 aliphatic carbocycles. The summed E-state index contributed by atoms with van der Waals surface area (Å²) in [6.07, 6.45) is 5.29. The van der Waals surface area contributed by atoms with E-state index in [0.29, 0.717) is 18.7 Å². The molecule has 0 spiro atoms. The van der Waals surface area contributed by atoms with Crippen LogP contribution in [-0.2, 0) is 25.7 Å². The highest BCUT2D eigenvalue weighted by Gasteiger charge is 2.31. The monoisotopic (exact) mass is 546 g/mol. The van der Waals surface area contributed by atoms with Gasteiger partial charge in [-0.2, -0.15) is 5.26 Å². The van der Waals surface area contributed by atoms with Gasteiger partial charge in [-0.1, -0.05) is 61.7 Å². The first-order valence-electron chi connectivity index (χ1n) is 14.2. The van der Waals surface area contributed by atoms with E-state index in [9.17, 15) is 14.4 Å². The van der Waals surface area contributed by atoms with Crippen molar-refractivity contribution in [1.29, 1.82) is 5.26 Å². The third-order valence-corrected chi connectivity index (χ3v) is 7.16. The lowest BCUT2D eigenvalue weighted by Crippen LogP contribution is -2.45. The Balaban J connectivity index is 1.64. The van der Waals surface area contributed by atoms with Crippen LogP contribution >= 0.6 is 0 Å². The van der Waals surface area contributed by atoms with Gasteiger partial charge in [-0.05, 0) is 62.8 Å². The second-order valence-corrected chi connectivity index (χ2v) is 11.5. The largest absolute Gasteiger partial charge is 0.459 e. The number of hydrogen-bond acceptors (Lipinski definition) is 6. The quantitative estimate of drug-likeness (QED) is 0.343. The van der Waals surface area contributed by atoms with Crippen molar-refractivity contribution in [2.45, 2.75) is 70.9 Å². The molecule has 1 saturated carbocycles. The summed E-state index contributed by atoms with van der Waals surface area (Å²) in [7, 11) is 0. The summed E-state index contributed by atoms with van der Waals surface area (Å²) in [5, 5.41) is 18.2. The van der Waals surface area contributed by atoms with E-state index >= 15 is 0 Å². The van der Waals surface area contributed by atoms with Crippen molar-refractivity contribution in [3.05, 3.63) is 71.3 Å². The molecule has 3 N–H and O–H groups in total. The fourth-order valence-electron chi connectivity index (χ4n) is 5.11. The SMILES string of the molecule is CC(C)(C)OC(=O)CNC[C@@H](C(=O)NC[C@H](C(=O)NCc1ccc(C#N)cc1)c1ccccc1)C1CCCCC1. The van der Waals surface area contributed by atoms with Crippen LogP contribution in [0.25, 0.3) is 0 Å². The van der Waals surface area contributed by atoms with Gasteiger partial charge in [0.15, 0.2) is 0 Å². The van der Waals surface area contributed by atoms with Crippen LogP contribution in [0.2, 0.25) is 0 Å². The van der Waals surface area contributed by atoms with Gasteiger partial charge >= 0.3 is 5.97 Å². The molecule has 1 fully saturated rings. The second kappa shape index (κ2) is 15.2. The van der Waals surface area contributed by atoms with Gasteiger partial charge in [-0.3, -0.25) is 14.4 Å². The van der Waals surface area contributed by atoms with Crippen LogP contribution in [0.1, 0.15) is 75.5 Å². The van der Waals surface area contributed by atoms with E-state index in [2.05, 4.69) is 22.0 Å². The molecule has 8 nitrogen and oxygen atoms in total. The summed E-state index contributed by atoms with van der Waals surface area (Å²) < 4.78 is 5.39. The fourth-order valence-corrected chi connectivity index (χ4v) is 5.11. The van der Waals surface area contributed by atoms with Crippen LogP contribution in [0.3, 0.4) is 0 Å². The maximum Gasteiger partial charge on any atom is 0.320 e. The Morgan fingerprint density at radius 3 is 2.23 bits per heavy atom. The van der Waals surface area contributed by atoms with Crippen molar-refractivity contribution in [2.24, 2.45) is 11.8 Å². The van der Waals surface area contributed by atoms with Crippen LogP contribution in [-0.4, -0.2) is 43.0 Å². The molecule has 0 aliphatic heterocycles. The topological polar surface area (TPSA) is 120 Å².